The van der Waals surface area contributed by atoms with Gasteiger partial charge in [-0.1, -0.05) is 38.3 Å². The van der Waals surface area contributed by atoms with Crippen molar-refractivity contribution in [3.63, 3.8) is 0 Å². The van der Waals surface area contributed by atoms with Gasteiger partial charge in [-0.25, -0.2) is 4.79 Å². The summed E-state index contributed by atoms with van der Waals surface area (Å²) in [7, 11) is 0. The van der Waals surface area contributed by atoms with Crippen molar-refractivity contribution in [3.05, 3.63) is 23.3 Å². The van der Waals surface area contributed by atoms with Crippen LogP contribution in [-0.2, 0) is 9.53 Å². The molecule has 0 bridgehead atoms. The number of esters is 1. The third kappa shape index (κ3) is 2.37. The summed E-state index contributed by atoms with van der Waals surface area (Å²) in [5, 5.41) is 0. The van der Waals surface area contributed by atoms with Crippen LogP contribution in [0.1, 0.15) is 58.3 Å². The molecule has 2 aliphatic carbocycles. The molecular formula is C17H24O2. The van der Waals surface area contributed by atoms with E-state index in [0.29, 0.717) is 11.8 Å². The normalized spacial score (nSPS) is 32.5. The number of hydrogen-bond acceptors (Lipinski definition) is 2. The molecule has 0 aromatic rings. The number of hydrogen-bond donors (Lipinski definition) is 0. The first-order chi connectivity index (χ1) is 9.31. The Morgan fingerprint density at radius 1 is 1.26 bits per heavy atom. The molecule has 0 radical (unpaired) electrons. The zero-order valence-corrected chi connectivity index (χ0v) is 11.9. The predicted octanol–water partition coefficient (Wildman–Crippen LogP) is 4.16. The third-order valence-electron chi connectivity index (χ3n) is 4.94. The maximum absolute atomic E-state index is 12.2. The van der Waals surface area contributed by atoms with Crippen LogP contribution in [-0.4, -0.2) is 12.1 Å². The zero-order chi connectivity index (χ0) is 13.2. The average Bonchev–Trinajstić information content (AvgIpc) is 2.82. The highest BCUT2D eigenvalue weighted by Crippen LogP contribution is 2.48. The van der Waals surface area contributed by atoms with E-state index in [1.165, 1.54) is 31.3 Å². The van der Waals surface area contributed by atoms with E-state index < -0.39 is 0 Å². The minimum atomic E-state index is -0.0105. The fraction of sp³-hybridized carbons (Fsp3) is 0.706. The van der Waals surface area contributed by atoms with E-state index in [4.69, 9.17) is 4.74 Å². The number of carbonyl (C=O) groups excluding carboxylic acids is 1. The Hall–Kier alpha value is -1.05. The van der Waals surface area contributed by atoms with Gasteiger partial charge in [-0.2, -0.15) is 0 Å². The average molecular weight is 260 g/mol. The zero-order valence-electron chi connectivity index (χ0n) is 11.9. The second kappa shape index (κ2) is 5.52. The lowest BCUT2D eigenvalue weighted by molar-refractivity contribution is -0.148. The lowest BCUT2D eigenvalue weighted by Gasteiger charge is -2.34. The lowest BCUT2D eigenvalue weighted by atomic mass is 9.77. The van der Waals surface area contributed by atoms with Crippen LogP contribution in [0.25, 0.3) is 0 Å². The highest BCUT2D eigenvalue weighted by atomic mass is 16.5. The molecule has 3 rings (SSSR count). The summed E-state index contributed by atoms with van der Waals surface area (Å²) in [4.78, 5) is 12.2. The van der Waals surface area contributed by atoms with E-state index in [2.05, 4.69) is 19.1 Å². The molecule has 19 heavy (non-hydrogen) atoms. The Kier molecular flexibility index (Phi) is 3.76. The van der Waals surface area contributed by atoms with Crippen molar-refractivity contribution >= 4 is 5.97 Å². The smallest absolute Gasteiger partial charge is 0.334 e. The van der Waals surface area contributed by atoms with Crippen LogP contribution in [0, 0.1) is 11.8 Å². The molecule has 104 valence electrons. The molecule has 0 spiro atoms. The van der Waals surface area contributed by atoms with Crippen LogP contribution in [0.5, 0.6) is 0 Å². The van der Waals surface area contributed by atoms with Crippen molar-refractivity contribution in [2.45, 2.75) is 64.4 Å². The van der Waals surface area contributed by atoms with Crippen molar-refractivity contribution in [1.29, 1.82) is 0 Å². The molecule has 2 nitrogen and oxygen atoms in total. The van der Waals surface area contributed by atoms with Gasteiger partial charge in [0.05, 0.1) is 0 Å². The van der Waals surface area contributed by atoms with Gasteiger partial charge in [-0.15, -0.1) is 0 Å². The molecule has 0 aromatic heterocycles. The quantitative estimate of drug-likeness (QED) is 0.421. The fourth-order valence-corrected chi connectivity index (χ4v) is 3.98. The van der Waals surface area contributed by atoms with Crippen molar-refractivity contribution in [3.8, 4) is 0 Å². The van der Waals surface area contributed by atoms with Gasteiger partial charge in [0.2, 0.25) is 0 Å². The van der Waals surface area contributed by atoms with Gasteiger partial charge in [0.1, 0.15) is 6.10 Å². The van der Waals surface area contributed by atoms with Gasteiger partial charge in [-0.3, -0.25) is 0 Å². The molecule has 0 N–H and O–H groups in total. The van der Waals surface area contributed by atoms with E-state index in [-0.39, 0.29) is 12.1 Å². The standard InChI is InChI=1S/C17H24O2/c1-2-3-4-5-8-14-13-9-6-7-12-10-11-15(16(12)13)19-17(14)18/h6-7,12,15-16H,2-5,8-11H2,1H3/t12-,15+,16+/m0/s1. The Morgan fingerprint density at radius 2 is 2.16 bits per heavy atom. The van der Waals surface area contributed by atoms with Crippen LogP contribution in [0.4, 0.5) is 0 Å². The maximum atomic E-state index is 12.2. The van der Waals surface area contributed by atoms with E-state index >= 15 is 0 Å². The van der Waals surface area contributed by atoms with E-state index in [0.717, 1.165) is 31.3 Å². The second-order valence-electron chi connectivity index (χ2n) is 6.16. The minimum Gasteiger partial charge on any atom is -0.458 e. The Labute approximate surface area is 115 Å². The van der Waals surface area contributed by atoms with Crippen LogP contribution in [0.15, 0.2) is 23.3 Å². The molecule has 1 fully saturated rings. The molecule has 1 saturated carbocycles. The van der Waals surface area contributed by atoms with Crippen LogP contribution in [0.3, 0.4) is 0 Å². The van der Waals surface area contributed by atoms with Gasteiger partial charge >= 0.3 is 5.97 Å². The summed E-state index contributed by atoms with van der Waals surface area (Å²) < 4.78 is 5.69. The molecule has 1 heterocycles. The number of carbonyl (C=O) groups is 1. The monoisotopic (exact) mass is 260 g/mol. The fourth-order valence-electron chi connectivity index (χ4n) is 3.98. The molecule has 3 atom stereocenters. The Bertz CT molecular complexity index is 419. The minimum absolute atomic E-state index is 0.0105. The Balaban J connectivity index is 1.77. The number of allylic oxidation sites excluding steroid dienone is 2. The summed E-state index contributed by atoms with van der Waals surface area (Å²) in [6.45, 7) is 2.22. The van der Waals surface area contributed by atoms with E-state index in [1.54, 1.807) is 0 Å². The number of ether oxygens (including phenoxy) is 1. The molecule has 0 amide bonds. The molecule has 0 unspecified atom stereocenters. The summed E-state index contributed by atoms with van der Waals surface area (Å²) in [5.41, 5.74) is 2.44. The molecule has 0 saturated heterocycles. The lowest BCUT2D eigenvalue weighted by Crippen LogP contribution is -2.34. The maximum Gasteiger partial charge on any atom is 0.334 e. The number of rotatable bonds is 5. The first kappa shape index (κ1) is 13.0. The number of unbranched alkanes of at least 4 members (excludes halogenated alkanes) is 3. The summed E-state index contributed by atoms with van der Waals surface area (Å²) in [6.07, 6.45) is 13.8. The van der Waals surface area contributed by atoms with E-state index in [1.807, 2.05) is 0 Å². The highest BCUT2D eigenvalue weighted by molar-refractivity contribution is 5.90. The molecule has 2 heteroatoms. The third-order valence-corrected chi connectivity index (χ3v) is 4.94. The molecule has 0 aromatic carbocycles. The summed E-state index contributed by atoms with van der Waals surface area (Å²) >= 11 is 0. The van der Waals surface area contributed by atoms with Crippen molar-refractivity contribution in [2.75, 3.05) is 0 Å². The van der Waals surface area contributed by atoms with Crippen molar-refractivity contribution in [2.24, 2.45) is 11.8 Å². The highest BCUT2D eigenvalue weighted by Gasteiger charge is 2.45. The van der Waals surface area contributed by atoms with Gasteiger partial charge in [0.15, 0.2) is 0 Å². The van der Waals surface area contributed by atoms with Gasteiger partial charge < -0.3 is 4.74 Å². The topological polar surface area (TPSA) is 26.3 Å². The SMILES string of the molecule is CCCCCCC1=C2CC=C[C@H]3CC[C@@H](OC1=O)[C@@H]23. The van der Waals surface area contributed by atoms with Crippen molar-refractivity contribution < 1.29 is 9.53 Å². The van der Waals surface area contributed by atoms with Gasteiger partial charge in [0, 0.05) is 11.5 Å². The Morgan fingerprint density at radius 3 is 3.00 bits per heavy atom. The molecule has 3 aliphatic rings. The van der Waals surface area contributed by atoms with Crippen molar-refractivity contribution in [1.82, 2.24) is 0 Å². The first-order valence-electron chi connectivity index (χ1n) is 7.90. The first-order valence-corrected chi connectivity index (χ1v) is 7.90. The van der Waals surface area contributed by atoms with E-state index in [9.17, 15) is 4.79 Å². The predicted molar refractivity (Wildman–Crippen MR) is 75.6 cm³/mol. The van der Waals surface area contributed by atoms with Gasteiger partial charge in [0.25, 0.3) is 0 Å². The van der Waals surface area contributed by atoms with Crippen LogP contribution < -0.4 is 0 Å². The van der Waals surface area contributed by atoms with Crippen LogP contribution >= 0.6 is 0 Å². The van der Waals surface area contributed by atoms with Gasteiger partial charge in [-0.05, 0) is 43.6 Å². The second-order valence-corrected chi connectivity index (χ2v) is 6.16. The molecule has 1 aliphatic heterocycles. The summed E-state index contributed by atoms with van der Waals surface area (Å²) in [5.74, 6) is 1.14. The van der Waals surface area contributed by atoms with Crippen LogP contribution in [0.2, 0.25) is 0 Å². The molecular weight excluding hydrogens is 236 g/mol. The summed E-state index contributed by atoms with van der Waals surface area (Å²) in [6, 6.07) is 0. The largest absolute Gasteiger partial charge is 0.458 e.